The number of hydrogen-bond donors (Lipinski definition) is 1. The Morgan fingerprint density at radius 1 is 1.33 bits per heavy atom. The monoisotopic (exact) mass is 301 g/mol. The van der Waals surface area contributed by atoms with Crippen molar-refractivity contribution in [3.8, 4) is 0 Å². The number of benzene rings is 1. The molecule has 6 heteroatoms. The summed E-state index contributed by atoms with van der Waals surface area (Å²) in [6, 6.07) is 5.06. The highest BCUT2D eigenvalue weighted by molar-refractivity contribution is 5.74. The number of esters is 1. The summed E-state index contributed by atoms with van der Waals surface area (Å²) in [5.74, 6) is -0.752. The molecule has 1 fully saturated rings. The summed E-state index contributed by atoms with van der Waals surface area (Å²) < 4.78 is 42.8. The van der Waals surface area contributed by atoms with Gasteiger partial charge in [0, 0.05) is 6.54 Å². The van der Waals surface area contributed by atoms with Gasteiger partial charge in [0.1, 0.15) is 0 Å². The second-order valence-corrected chi connectivity index (χ2v) is 5.08. The van der Waals surface area contributed by atoms with Gasteiger partial charge in [-0.25, -0.2) is 0 Å². The van der Waals surface area contributed by atoms with E-state index in [1.54, 1.807) is 6.92 Å². The van der Waals surface area contributed by atoms with E-state index in [2.05, 4.69) is 5.32 Å². The van der Waals surface area contributed by atoms with Gasteiger partial charge in [-0.05, 0) is 43.5 Å². The SMILES string of the molecule is CCOC(=O)C1CNCCC1c1ccc(C(F)(F)F)cc1. The van der Waals surface area contributed by atoms with Gasteiger partial charge < -0.3 is 10.1 Å². The second-order valence-electron chi connectivity index (χ2n) is 5.08. The number of halogens is 3. The third-order valence-electron chi connectivity index (χ3n) is 3.74. The molecule has 1 heterocycles. The van der Waals surface area contributed by atoms with E-state index in [-0.39, 0.29) is 17.8 Å². The van der Waals surface area contributed by atoms with Crippen LogP contribution >= 0.6 is 0 Å². The maximum atomic E-state index is 12.6. The molecule has 116 valence electrons. The number of carbonyl (C=O) groups excluding carboxylic acids is 1. The number of piperidine rings is 1. The number of carbonyl (C=O) groups is 1. The molecule has 21 heavy (non-hydrogen) atoms. The van der Waals surface area contributed by atoms with Gasteiger partial charge in [0.2, 0.25) is 0 Å². The first kappa shape index (κ1) is 15.8. The zero-order valence-electron chi connectivity index (χ0n) is 11.7. The molecule has 0 spiro atoms. The van der Waals surface area contributed by atoms with E-state index in [0.717, 1.165) is 24.2 Å². The van der Waals surface area contributed by atoms with E-state index >= 15 is 0 Å². The molecule has 0 radical (unpaired) electrons. The van der Waals surface area contributed by atoms with Crippen LogP contribution in [-0.4, -0.2) is 25.7 Å². The molecule has 2 rings (SSSR count). The minimum Gasteiger partial charge on any atom is -0.466 e. The molecule has 1 saturated heterocycles. The van der Waals surface area contributed by atoms with Crippen molar-refractivity contribution in [3.05, 3.63) is 35.4 Å². The van der Waals surface area contributed by atoms with Crippen LogP contribution in [-0.2, 0) is 15.7 Å². The van der Waals surface area contributed by atoms with E-state index in [0.29, 0.717) is 19.6 Å². The molecule has 2 unspecified atom stereocenters. The number of rotatable bonds is 3. The van der Waals surface area contributed by atoms with Crippen molar-refractivity contribution in [2.24, 2.45) is 5.92 Å². The topological polar surface area (TPSA) is 38.3 Å². The van der Waals surface area contributed by atoms with Crippen LogP contribution in [0.25, 0.3) is 0 Å². The molecule has 2 atom stereocenters. The van der Waals surface area contributed by atoms with Crippen molar-refractivity contribution in [3.63, 3.8) is 0 Å². The molecule has 1 aliphatic rings. The van der Waals surface area contributed by atoms with Crippen LogP contribution in [0.3, 0.4) is 0 Å². The lowest BCUT2D eigenvalue weighted by atomic mass is 9.81. The molecular weight excluding hydrogens is 283 g/mol. The summed E-state index contributed by atoms with van der Waals surface area (Å²) in [4.78, 5) is 12.0. The van der Waals surface area contributed by atoms with E-state index in [1.165, 1.54) is 12.1 Å². The minimum absolute atomic E-state index is 0.104. The van der Waals surface area contributed by atoms with Gasteiger partial charge in [0.25, 0.3) is 0 Å². The van der Waals surface area contributed by atoms with Crippen molar-refractivity contribution < 1.29 is 22.7 Å². The highest BCUT2D eigenvalue weighted by Gasteiger charge is 2.34. The highest BCUT2D eigenvalue weighted by Crippen LogP contribution is 2.34. The van der Waals surface area contributed by atoms with Crippen molar-refractivity contribution in [2.45, 2.75) is 25.4 Å². The lowest BCUT2D eigenvalue weighted by Gasteiger charge is -2.31. The molecule has 3 nitrogen and oxygen atoms in total. The van der Waals surface area contributed by atoms with Crippen LogP contribution in [0.2, 0.25) is 0 Å². The zero-order valence-corrected chi connectivity index (χ0v) is 11.7. The Morgan fingerprint density at radius 2 is 2.00 bits per heavy atom. The molecule has 0 saturated carbocycles. The molecule has 1 aromatic rings. The molecule has 1 aliphatic heterocycles. The number of hydrogen-bond acceptors (Lipinski definition) is 3. The van der Waals surface area contributed by atoms with E-state index in [4.69, 9.17) is 4.74 Å². The van der Waals surface area contributed by atoms with Crippen molar-refractivity contribution >= 4 is 5.97 Å². The predicted molar refractivity (Wildman–Crippen MR) is 71.8 cm³/mol. The van der Waals surface area contributed by atoms with Crippen LogP contribution in [0.15, 0.2) is 24.3 Å². The molecule has 1 aromatic carbocycles. The molecular formula is C15H18F3NO2. The zero-order chi connectivity index (χ0) is 15.5. The summed E-state index contributed by atoms with van der Waals surface area (Å²) in [6.45, 7) is 3.27. The number of ether oxygens (including phenoxy) is 1. The van der Waals surface area contributed by atoms with E-state index in [9.17, 15) is 18.0 Å². The molecule has 0 bridgehead atoms. The first-order valence-corrected chi connectivity index (χ1v) is 6.98. The van der Waals surface area contributed by atoms with Crippen molar-refractivity contribution in [1.82, 2.24) is 5.32 Å². The Labute approximate surface area is 121 Å². The Kier molecular flexibility index (Phi) is 4.88. The van der Waals surface area contributed by atoms with Gasteiger partial charge in [-0.15, -0.1) is 0 Å². The van der Waals surface area contributed by atoms with Crippen LogP contribution in [0.4, 0.5) is 13.2 Å². The van der Waals surface area contributed by atoms with Crippen LogP contribution < -0.4 is 5.32 Å². The average molecular weight is 301 g/mol. The number of alkyl halides is 3. The van der Waals surface area contributed by atoms with E-state index in [1.807, 2.05) is 0 Å². The lowest BCUT2D eigenvalue weighted by molar-refractivity contribution is -0.149. The molecule has 0 aliphatic carbocycles. The Balaban J connectivity index is 2.19. The second kappa shape index (κ2) is 6.47. The molecule has 0 aromatic heterocycles. The van der Waals surface area contributed by atoms with Gasteiger partial charge >= 0.3 is 12.1 Å². The predicted octanol–water partition coefficient (Wildman–Crippen LogP) is 2.96. The Morgan fingerprint density at radius 3 is 2.57 bits per heavy atom. The summed E-state index contributed by atoms with van der Waals surface area (Å²) in [6.07, 6.45) is -3.64. The third-order valence-corrected chi connectivity index (χ3v) is 3.74. The summed E-state index contributed by atoms with van der Waals surface area (Å²) in [5.41, 5.74) is 0.0791. The smallest absolute Gasteiger partial charge is 0.416 e. The highest BCUT2D eigenvalue weighted by atomic mass is 19.4. The van der Waals surface area contributed by atoms with Gasteiger partial charge in [-0.3, -0.25) is 4.79 Å². The molecule has 1 N–H and O–H groups in total. The van der Waals surface area contributed by atoms with Crippen LogP contribution in [0.5, 0.6) is 0 Å². The van der Waals surface area contributed by atoms with Crippen molar-refractivity contribution in [1.29, 1.82) is 0 Å². The van der Waals surface area contributed by atoms with Gasteiger partial charge in [-0.2, -0.15) is 13.2 Å². The van der Waals surface area contributed by atoms with Gasteiger partial charge in [0.05, 0.1) is 18.1 Å². The third kappa shape index (κ3) is 3.75. The maximum absolute atomic E-state index is 12.6. The Hall–Kier alpha value is -1.56. The summed E-state index contributed by atoms with van der Waals surface area (Å²) in [7, 11) is 0. The standard InChI is InChI=1S/C15H18F3NO2/c1-2-21-14(20)13-9-19-8-7-12(13)10-3-5-11(6-4-10)15(16,17)18/h3-6,12-13,19H,2,7-9H2,1H3. The summed E-state index contributed by atoms with van der Waals surface area (Å²) >= 11 is 0. The van der Waals surface area contributed by atoms with Gasteiger partial charge in [-0.1, -0.05) is 12.1 Å². The summed E-state index contributed by atoms with van der Waals surface area (Å²) in [5, 5.41) is 3.13. The fourth-order valence-corrected chi connectivity index (χ4v) is 2.67. The van der Waals surface area contributed by atoms with E-state index < -0.39 is 11.7 Å². The largest absolute Gasteiger partial charge is 0.466 e. The van der Waals surface area contributed by atoms with Gasteiger partial charge in [0.15, 0.2) is 0 Å². The first-order chi connectivity index (χ1) is 9.93. The number of nitrogens with one attached hydrogen (secondary N) is 1. The Bertz CT molecular complexity index is 485. The van der Waals surface area contributed by atoms with Crippen molar-refractivity contribution in [2.75, 3.05) is 19.7 Å². The average Bonchev–Trinajstić information content (AvgIpc) is 2.47. The minimum atomic E-state index is -4.34. The van der Waals surface area contributed by atoms with Crippen LogP contribution in [0.1, 0.15) is 30.4 Å². The van der Waals surface area contributed by atoms with Crippen LogP contribution in [0, 0.1) is 5.92 Å². The molecule has 0 amide bonds. The lowest BCUT2D eigenvalue weighted by Crippen LogP contribution is -2.40. The fraction of sp³-hybridized carbons (Fsp3) is 0.533. The fourth-order valence-electron chi connectivity index (χ4n) is 2.67. The first-order valence-electron chi connectivity index (χ1n) is 6.98. The quantitative estimate of drug-likeness (QED) is 0.872. The normalized spacial score (nSPS) is 22.9. The maximum Gasteiger partial charge on any atom is 0.416 e.